The van der Waals surface area contributed by atoms with E-state index in [-0.39, 0.29) is 18.1 Å². The quantitative estimate of drug-likeness (QED) is 0.525. The second-order valence-electron chi connectivity index (χ2n) is 5.77. The van der Waals surface area contributed by atoms with Crippen LogP contribution in [0.5, 0.6) is 11.6 Å². The zero-order valence-electron chi connectivity index (χ0n) is 14.9. The van der Waals surface area contributed by atoms with E-state index in [4.69, 9.17) is 19.1 Å². The van der Waals surface area contributed by atoms with Crippen LogP contribution in [-0.4, -0.2) is 48.1 Å². The Hall–Kier alpha value is -4.02. The van der Waals surface area contributed by atoms with Crippen molar-refractivity contribution in [1.29, 1.82) is 0 Å². The molecule has 4 aromatic heterocycles. The Balaban J connectivity index is 1.64. The Labute approximate surface area is 157 Å². The van der Waals surface area contributed by atoms with Crippen molar-refractivity contribution in [1.82, 2.24) is 30.0 Å². The Bertz CT molecular complexity index is 1150. The molecule has 11 heteroatoms. The van der Waals surface area contributed by atoms with Crippen molar-refractivity contribution in [3.8, 4) is 23.1 Å². The molecule has 0 amide bonds. The van der Waals surface area contributed by atoms with Gasteiger partial charge in [0.15, 0.2) is 17.1 Å². The minimum atomic E-state index is -1.04. The summed E-state index contributed by atoms with van der Waals surface area (Å²) in [5, 5.41) is 25.4. The highest BCUT2D eigenvalue weighted by Crippen LogP contribution is 2.28. The molecule has 0 radical (unpaired) electrons. The van der Waals surface area contributed by atoms with Crippen LogP contribution in [0.15, 0.2) is 35.0 Å². The molecule has 0 aromatic carbocycles. The summed E-state index contributed by atoms with van der Waals surface area (Å²) in [6, 6.07) is 6.37. The first-order valence-electron chi connectivity index (χ1n) is 8.10. The van der Waals surface area contributed by atoms with Gasteiger partial charge >= 0.3 is 5.97 Å². The van der Waals surface area contributed by atoms with Gasteiger partial charge in [-0.2, -0.15) is 4.52 Å². The number of aryl methyl sites for hydroxylation is 1. The predicted octanol–water partition coefficient (Wildman–Crippen LogP) is 1.77. The molecule has 0 saturated heterocycles. The van der Waals surface area contributed by atoms with Gasteiger partial charge in [0, 0.05) is 18.3 Å². The van der Waals surface area contributed by atoms with Crippen LogP contribution in [0, 0.1) is 6.92 Å². The monoisotopic (exact) mass is 382 g/mol. The molecule has 4 rings (SSSR count). The second kappa shape index (κ2) is 6.95. The molecule has 0 aliphatic rings. The van der Waals surface area contributed by atoms with Gasteiger partial charge in [0.1, 0.15) is 12.4 Å². The molecule has 0 aliphatic carbocycles. The maximum Gasteiger partial charge on any atom is 0.337 e. The normalized spacial score (nSPS) is 10.9. The number of hydrogen-bond acceptors (Lipinski definition) is 9. The molecule has 0 unspecified atom stereocenters. The number of pyridine rings is 1. The minimum Gasteiger partial charge on any atom is -0.491 e. The fraction of sp³-hybridized carbons (Fsp3) is 0.176. The number of carboxylic acid groups (broad SMARTS) is 1. The van der Waals surface area contributed by atoms with Gasteiger partial charge in [-0.1, -0.05) is 5.16 Å². The standard InChI is InChI=1S/C17H14N6O5/c1-9-5-12(22-28-9)15-20-19-14-6-13(26-2)16(21-23(14)15)27-8-11-4-3-10(7-18-11)17(24)25/h3-7H,8H2,1-2H3,(H,24,25). The minimum absolute atomic E-state index is 0.0648. The SMILES string of the molecule is COc1cc2nnc(-c3cc(C)on3)n2nc1OCc1ccc(C(=O)O)cn1. The van der Waals surface area contributed by atoms with Crippen molar-refractivity contribution < 1.29 is 23.9 Å². The maximum absolute atomic E-state index is 10.9. The third kappa shape index (κ3) is 3.20. The molecule has 0 fully saturated rings. The molecule has 28 heavy (non-hydrogen) atoms. The highest BCUT2D eigenvalue weighted by molar-refractivity contribution is 5.87. The van der Waals surface area contributed by atoms with Gasteiger partial charge in [0.2, 0.25) is 5.82 Å². The van der Waals surface area contributed by atoms with E-state index in [1.54, 1.807) is 25.1 Å². The van der Waals surface area contributed by atoms with Gasteiger partial charge in [-0.05, 0) is 19.1 Å². The highest BCUT2D eigenvalue weighted by Gasteiger charge is 2.18. The van der Waals surface area contributed by atoms with Crippen LogP contribution in [0.3, 0.4) is 0 Å². The Morgan fingerprint density at radius 2 is 2.14 bits per heavy atom. The molecule has 0 aliphatic heterocycles. The van der Waals surface area contributed by atoms with Crippen molar-refractivity contribution in [3.05, 3.63) is 47.5 Å². The molecule has 0 bridgehead atoms. The van der Waals surface area contributed by atoms with E-state index in [1.807, 2.05) is 0 Å². The van der Waals surface area contributed by atoms with Crippen molar-refractivity contribution in [2.24, 2.45) is 0 Å². The number of nitrogens with zero attached hydrogens (tertiary/aromatic N) is 6. The Morgan fingerprint density at radius 3 is 2.79 bits per heavy atom. The molecule has 0 atom stereocenters. The molecule has 0 saturated carbocycles. The lowest BCUT2D eigenvalue weighted by atomic mass is 10.2. The van der Waals surface area contributed by atoms with Crippen molar-refractivity contribution in [3.63, 3.8) is 0 Å². The molecule has 4 heterocycles. The average molecular weight is 382 g/mol. The number of hydrogen-bond donors (Lipinski definition) is 1. The summed E-state index contributed by atoms with van der Waals surface area (Å²) in [5.41, 5.74) is 1.56. The van der Waals surface area contributed by atoms with Gasteiger partial charge < -0.3 is 19.1 Å². The van der Waals surface area contributed by atoms with E-state index in [0.717, 1.165) is 0 Å². The van der Waals surface area contributed by atoms with Crippen LogP contribution >= 0.6 is 0 Å². The van der Waals surface area contributed by atoms with E-state index in [0.29, 0.717) is 34.4 Å². The fourth-order valence-corrected chi connectivity index (χ4v) is 2.46. The number of fused-ring (bicyclic) bond motifs is 1. The molecule has 0 spiro atoms. The summed E-state index contributed by atoms with van der Waals surface area (Å²) in [6.45, 7) is 1.84. The molecular weight excluding hydrogens is 368 g/mol. The first-order valence-corrected chi connectivity index (χ1v) is 8.10. The number of methoxy groups -OCH3 is 1. The molecule has 142 valence electrons. The van der Waals surface area contributed by atoms with Crippen LogP contribution in [0.4, 0.5) is 0 Å². The van der Waals surface area contributed by atoms with E-state index in [9.17, 15) is 4.79 Å². The van der Waals surface area contributed by atoms with Crippen molar-refractivity contribution in [2.45, 2.75) is 13.5 Å². The second-order valence-corrected chi connectivity index (χ2v) is 5.77. The van der Waals surface area contributed by atoms with Crippen LogP contribution in [0.25, 0.3) is 17.2 Å². The first-order chi connectivity index (χ1) is 13.5. The fourth-order valence-electron chi connectivity index (χ4n) is 2.46. The number of rotatable bonds is 6. The zero-order valence-corrected chi connectivity index (χ0v) is 14.9. The topological polar surface area (TPSA) is 138 Å². The number of ether oxygens (including phenoxy) is 2. The van der Waals surface area contributed by atoms with Crippen molar-refractivity contribution >= 4 is 11.6 Å². The van der Waals surface area contributed by atoms with Crippen LogP contribution < -0.4 is 9.47 Å². The first kappa shape index (κ1) is 17.4. The highest BCUT2D eigenvalue weighted by atomic mass is 16.5. The predicted molar refractivity (Wildman–Crippen MR) is 93.1 cm³/mol. The summed E-state index contributed by atoms with van der Waals surface area (Å²) in [5.74, 6) is 0.540. The van der Waals surface area contributed by atoms with Crippen LogP contribution in [-0.2, 0) is 6.61 Å². The molecule has 11 nitrogen and oxygen atoms in total. The summed E-state index contributed by atoms with van der Waals surface area (Å²) in [6.07, 6.45) is 1.26. The third-order valence-corrected chi connectivity index (χ3v) is 3.83. The average Bonchev–Trinajstić information content (AvgIpc) is 3.31. The smallest absolute Gasteiger partial charge is 0.337 e. The maximum atomic E-state index is 10.9. The molecule has 4 aromatic rings. The lowest BCUT2D eigenvalue weighted by molar-refractivity contribution is 0.0696. The van der Waals surface area contributed by atoms with E-state index in [1.165, 1.54) is 23.9 Å². The summed E-state index contributed by atoms with van der Waals surface area (Å²) >= 11 is 0. The number of aromatic nitrogens is 6. The zero-order chi connectivity index (χ0) is 19.7. The Kier molecular flexibility index (Phi) is 4.32. The lowest BCUT2D eigenvalue weighted by Crippen LogP contribution is -2.06. The largest absolute Gasteiger partial charge is 0.491 e. The number of carbonyl (C=O) groups is 1. The summed E-state index contributed by atoms with van der Waals surface area (Å²) in [7, 11) is 1.48. The third-order valence-electron chi connectivity index (χ3n) is 3.83. The molecular formula is C17H14N6O5. The summed E-state index contributed by atoms with van der Waals surface area (Å²) in [4.78, 5) is 15.0. The van der Waals surface area contributed by atoms with Crippen molar-refractivity contribution in [2.75, 3.05) is 7.11 Å². The van der Waals surface area contributed by atoms with Crippen LogP contribution in [0.2, 0.25) is 0 Å². The molecule has 1 N–H and O–H groups in total. The Morgan fingerprint density at radius 1 is 1.29 bits per heavy atom. The van der Waals surface area contributed by atoms with Gasteiger partial charge in [-0.15, -0.1) is 15.3 Å². The number of aromatic carboxylic acids is 1. The van der Waals surface area contributed by atoms with Crippen LogP contribution in [0.1, 0.15) is 21.8 Å². The van der Waals surface area contributed by atoms with Gasteiger partial charge in [0.25, 0.3) is 5.88 Å². The van der Waals surface area contributed by atoms with Gasteiger partial charge in [0.05, 0.1) is 18.4 Å². The van der Waals surface area contributed by atoms with E-state index in [2.05, 4.69) is 25.4 Å². The van der Waals surface area contributed by atoms with Gasteiger partial charge in [-0.3, -0.25) is 4.98 Å². The number of carboxylic acids is 1. The van der Waals surface area contributed by atoms with E-state index >= 15 is 0 Å². The van der Waals surface area contributed by atoms with E-state index < -0.39 is 5.97 Å². The lowest BCUT2D eigenvalue weighted by Gasteiger charge is -2.09. The van der Waals surface area contributed by atoms with Gasteiger partial charge in [-0.25, -0.2) is 4.79 Å². The summed E-state index contributed by atoms with van der Waals surface area (Å²) < 4.78 is 17.6.